The fourth-order valence-electron chi connectivity index (χ4n) is 2.99. The average molecular weight is 423 g/mol. The van der Waals surface area contributed by atoms with Crippen molar-refractivity contribution in [3.05, 3.63) is 78.4 Å². The van der Waals surface area contributed by atoms with Crippen molar-refractivity contribution in [1.82, 2.24) is 20.2 Å². The summed E-state index contributed by atoms with van der Waals surface area (Å²) in [4.78, 5) is 29.7. The summed E-state index contributed by atoms with van der Waals surface area (Å²) in [6.07, 6.45) is 5.37. The van der Waals surface area contributed by atoms with Crippen molar-refractivity contribution < 1.29 is 9.59 Å². The van der Waals surface area contributed by atoms with E-state index in [9.17, 15) is 9.59 Å². The first kappa shape index (κ1) is 21.6. The lowest BCUT2D eigenvalue weighted by atomic mass is 10.1. The zero-order valence-electron chi connectivity index (χ0n) is 17.3. The van der Waals surface area contributed by atoms with Crippen molar-refractivity contribution in [3.8, 4) is 5.69 Å². The molecule has 0 aliphatic carbocycles. The highest BCUT2D eigenvalue weighted by Gasteiger charge is 2.16. The van der Waals surface area contributed by atoms with Crippen LogP contribution in [0.1, 0.15) is 42.7 Å². The van der Waals surface area contributed by atoms with Gasteiger partial charge in [-0.1, -0.05) is 24.3 Å². The number of imidazole rings is 1. The number of nitrogens with one attached hydrogen (secondary N) is 2. The first-order valence-corrected chi connectivity index (χ1v) is 10.8. The van der Waals surface area contributed by atoms with Crippen LogP contribution in [0.4, 0.5) is 0 Å². The third-order valence-corrected chi connectivity index (χ3v) is 5.56. The molecule has 156 valence electrons. The van der Waals surface area contributed by atoms with Crippen molar-refractivity contribution in [2.75, 3.05) is 5.75 Å². The molecule has 1 atom stereocenters. The Bertz CT molecular complexity index is 985. The molecule has 2 N–H and O–H groups in total. The Balaban J connectivity index is 1.64. The third-order valence-electron chi connectivity index (χ3n) is 4.48. The van der Waals surface area contributed by atoms with Crippen molar-refractivity contribution >= 4 is 23.6 Å². The van der Waals surface area contributed by atoms with E-state index in [1.807, 2.05) is 74.0 Å². The summed E-state index contributed by atoms with van der Waals surface area (Å²) in [5, 5.41) is 5.92. The number of nitrogens with zero attached hydrogens (tertiary/aromatic N) is 2. The fourth-order valence-corrected chi connectivity index (χ4v) is 3.85. The molecule has 3 aromatic rings. The van der Waals surface area contributed by atoms with Gasteiger partial charge in [0.05, 0.1) is 23.7 Å². The summed E-state index contributed by atoms with van der Waals surface area (Å²) < 4.78 is 1.93. The molecule has 0 radical (unpaired) electrons. The molecule has 0 fully saturated rings. The van der Waals surface area contributed by atoms with Crippen LogP contribution >= 0.6 is 11.8 Å². The van der Waals surface area contributed by atoms with Gasteiger partial charge in [-0.15, -0.1) is 11.8 Å². The number of amides is 2. The van der Waals surface area contributed by atoms with Crippen LogP contribution in [0.15, 0.2) is 72.1 Å². The minimum atomic E-state index is -0.159. The van der Waals surface area contributed by atoms with Gasteiger partial charge in [0.1, 0.15) is 0 Å². The van der Waals surface area contributed by atoms with E-state index in [0.29, 0.717) is 5.56 Å². The van der Waals surface area contributed by atoms with Crippen molar-refractivity contribution in [1.29, 1.82) is 0 Å². The van der Waals surface area contributed by atoms with Crippen LogP contribution in [0.3, 0.4) is 0 Å². The molecule has 0 spiro atoms. The van der Waals surface area contributed by atoms with Crippen molar-refractivity contribution in [2.24, 2.45) is 0 Å². The molecule has 1 aromatic heterocycles. The van der Waals surface area contributed by atoms with Crippen LogP contribution in [0, 0.1) is 0 Å². The first-order chi connectivity index (χ1) is 14.4. The van der Waals surface area contributed by atoms with Gasteiger partial charge < -0.3 is 15.2 Å². The Hall–Kier alpha value is -3.06. The van der Waals surface area contributed by atoms with Gasteiger partial charge >= 0.3 is 0 Å². The van der Waals surface area contributed by atoms with Crippen LogP contribution in [0.25, 0.3) is 5.69 Å². The van der Waals surface area contributed by atoms with Crippen molar-refractivity contribution in [3.63, 3.8) is 0 Å². The molecule has 30 heavy (non-hydrogen) atoms. The summed E-state index contributed by atoms with van der Waals surface area (Å²) in [6.45, 7) is 5.80. The monoisotopic (exact) mass is 422 g/mol. The third kappa shape index (κ3) is 5.73. The lowest BCUT2D eigenvalue weighted by Gasteiger charge is -2.16. The number of carbonyl (C=O) groups is 2. The number of aromatic nitrogens is 2. The largest absolute Gasteiger partial charge is 0.353 e. The van der Waals surface area contributed by atoms with Crippen LogP contribution in [-0.2, 0) is 4.79 Å². The lowest BCUT2D eigenvalue weighted by Crippen LogP contribution is -2.31. The molecule has 0 saturated heterocycles. The van der Waals surface area contributed by atoms with Gasteiger partial charge in [0.2, 0.25) is 5.91 Å². The Labute approximate surface area is 181 Å². The van der Waals surface area contributed by atoms with E-state index < -0.39 is 0 Å². The number of hydrogen-bond acceptors (Lipinski definition) is 4. The second kappa shape index (κ2) is 10.1. The maximum absolute atomic E-state index is 12.9. The van der Waals surface area contributed by atoms with E-state index >= 15 is 0 Å². The molecule has 0 aliphatic heterocycles. The second-order valence-corrected chi connectivity index (χ2v) is 8.28. The number of carbonyl (C=O) groups excluding carboxylic acids is 2. The maximum atomic E-state index is 12.9. The van der Waals surface area contributed by atoms with Gasteiger partial charge in [-0.05, 0) is 50.6 Å². The molecule has 1 heterocycles. The summed E-state index contributed by atoms with van der Waals surface area (Å²) in [5.74, 6) is 0.0680. The lowest BCUT2D eigenvalue weighted by molar-refractivity contribution is -0.119. The molecule has 0 saturated carbocycles. The summed E-state index contributed by atoms with van der Waals surface area (Å²) in [6, 6.07) is 15.3. The molecular weight excluding hydrogens is 396 g/mol. The van der Waals surface area contributed by atoms with E-state index in [1.165, 1.54) is 11.8 Å². The first-order valence-electron chi connectivity index (χ1n) is 9.84. The molecule has 6 nitrogen and oxygen atoms in total. The fraction of sp³-hybridized carbons (Fsp3) is 0.261. The molecule has 0 aliphatic rings. The molecule has 7 heteroatoms. The minimum absolute atomic E-state index is 0.0449. The predicted molar refractivity (Wildman–Crippen MR) is 120 cm³/mol. The maximum Gasteiger partial charge on any atom is 0.252 e. The minimum Gasteiger partial charge on any atom is -0.353 e. The summed E-state index contributed by atoms with van der Waals surface area (Å²) >= 11 is 1.37. The second-order valence-electron chi connectivity index (χ2n) is 7.26. The van der Waals surface area contributed by atoms with Gasteiger partial charge in [-0.3, -0.25) is 9.59 Å². The molecule has 2 amide bonds. The quantitative estimate of drug-likeness (QED) is 0.539. The van der Waals surface area contributed by atoms with Gasteiger partial charge in [0.25, 0.3) is 5.91 Å². The Kier molecular flexibility index (Phi) is 7.30. The van der Waals surface area contributed by atoms with E-state index in [2.05, 4.69) is 15.6 Å². The van der Waals surface area contributed by atoms with E-state index in [1.54, 1.807) is 18.6 Å². The highest BCUT2D eigenvalue weighted by Crippen LogP contribution is 2.24. The number of thioether (sulfide) groups is 1. The molecule has 1 unspecified atom stereocenters. The Morgan fingerprint density at radius 2 is 1.77 bits per heavy atom. The number of rotatable bonds is 8. The Morgan fingerprint density at radius 3 is 2.43 bits per heavy atom. The zero-order chi connectivity index (χ0) is 21.5. The van der Waals surface area contributed by atoms with Gasteiger partial charge in [-0.2, -0.15) is 0 Å². The normalized spacial score (nSPS) is 11.9. The smallest absolute Gasteiger partial charge is 0.252 e. The summed E-state index contributed by atoms with van der Waals surface area (Å²) in [5.41, 5.74) is 2.59. The highest BCUT2D eigenvalue weighted by molar-refractivity contribution is 8.00. The van der Waals surface area contributed by atoms with Crippen LogP contribution < -0.4 is 10.6 Å². The van der Waals surface area contributed by atoms with Gasteiger partial charge in [-0.25, -0.2) is 4.98 Å². The standard InChI is InChI=1S/C23H26N4O2S/c1-16(2)25-22(28)14-30-21-7-5-4-6-20(21)23(29)26-17(3)18-8-10-19(11-9-18)27-13-12-24-15-27/h4-13,15-17H,14H2,1-3H3,(H,25,28)(H,26,29). The van der Waals surface area contributed by atoms with E-state index in [4.69, 9.17) is 0 Å². The van der Waals surface area contributed by atoms with Gasteiger partial charge in [0.15, 0.2) is 0 Å². The molecule has 2 aromatic carbocycles. The Morgan fingerprint density at radius 1 is 1.03 bits per heavy atom. The van der Waals surface area contributed by atoms with E-state index in [0.717, 1.165) is 16.1 Å². The zero-order valence-corrected chi connectivity index (χ0v) is 18.1. The SMILES string of the molecule is CC(C)NC(=O)CSc1ccccc1C(=O)NC(C)c1ccc(-n2ccnc2)cc1. The molecular formula is C23H26N4O2S. The topological polar surface area (TPSA) is 76.0 Å². The van der Waals surface area contributed by atoms with Crippen LogP contribution in [0.5, 0.6) is 0 Å². The van der Waals surface area contributed by atoms with Crippen LogP contribution in [0.2, 0.25) is 0 Å². The number of hydrogen-bond donors (Lipinski definition) is 2. The summed E-state index contributed by atoms with van der Waals surface area (Å²) in [7, 11) is 0. The predicted octanol–water partition coefficient (Wildman–Crippen LogP) is 3.98. The number of benzene rings is 2. The molecule has 0 bridgehead atoms. The van der Waals surface area contributed by atoms with Crippen molar-refractivity contribution in [2.45, 2.75) is 37.8 Å². The molecule has 3 rings (SSSR count). The average Bonchev–Trinajstić information content (AvgIpc) is 3.27. The van der Waals surface area contributed by atoms with Gasteiger partial charge in [0, 0.05) is 29.0 Å². The van der Waals surface area contributed by atoms with E-state index in [-0.39, 0.29) is 29.7 Å². The van der Waals surface area contributed by atoms with Crippen LogP contribution in [-0.4, -0.2) is 33.2 Å². The highest BCUT2D eigenvalue weighted by atomic mass is 32.2.